The molecule has 1 aromatic carbocycles. The first-order valence-corrected chi connectivity index (χ1v) is 9.04. The predicted molar refractivity (Wildman–Crippen MR) is 87.6 cm³/mol. The minimum absolute atomic E-state index is 0.0463. The third-order valence-corrected chi connectivity index (χ3v) is 5.12. The molecule has 0 bridgehead atoms. The summed E-state index contributed by atoms with van der Waals surface area (Å²) in [6.45, 7) is 1.18. The van der Waals surface area contributed by atoms with Gasteiger partial charge in [-0.1, -0.05) is 30.3 Å². The van der Waals surface area contributed by atoms with Crippen molar-refractivity contribution in [1.29, 1.82) is 0 Å². The van der Waals surface area contributed by atoms with Gasteiger partial charge in [0.05, 0.1) is 6.04 Å². The first-order valence-electron chi connectivity index (χ1n) is 6.90. The van der Waals surface area contributed by atoms with Crippen molar-refractivity contribution in [2.75, 3.05) is 23.9 Å². The van der Waals surface area contributed by atoms with Crippen LogP contribution >= 0.6 is 23.5 Å². The lowest BCUT2D eigenvalue weighted by Gasteiger charge is -2.18. The second kappa shape index (κ2) is 9.12. The molecular weight excluding hydrogens is 306 g/mol. The van der Waals surface area contributed by atoms with Crippen LogP contribution in [0.25, 0.3) is 0 Å². The summed E-state index contributed by atoms with van der Waals surface area (Å²) in [4.78, 5) is 24.6. The van der Waals surface area contributed by atoms with E-state index >= 15 is 0 Å². The highest BCUT2D eigenvalue weighted by molar-refractivity contribution is 8.13. The zero-order valence-electron chi connectivity index (χ0n) is 11.8. The fourth-order valence-electron chi connectivity index (χ4n) is 2.03. The molecule has 0 aliphatic carbocycles. The third-order valence-electron chi connectivity index (χ3n) is 3.18. The molecule has 4 nitrogen and oxygen atoms in total. The van der Waals surface area contributed by atoms with Crippen LogP contribution in [0.1, 0.15) is 12.0 Å². The summed E-state index contributed by atoms with van der Waals surface area (Å²) in [5.74, 6) is 2.52. The van der Waals surface area contributed by atoms with E-state index in [2.05, 4.69) is 4.90 Å². The number of carbonyl (C=O) groups is 2. The van der Waals surface area contributed by atoms with Crippen LogP contribution in [0.4, 0.5) is 4.79 Å². The van der Waals surface area contributed by atoms with Crippen LogP contribution in [0.15, 0.2) is 30.3 Å². The summed E-state index contributed by atoms with van der Waals surface area (Å²) < 4.78 is 5.19. The van der Waals surface area contributed by atoms with Gasteiger partial charge in [0.15, 0.2) is 0 Å². The van der Waals surface area contributed by atoms with Crippen LogP contribution in [0.5, 0.6) is 0 Å². The molecule has 0 saturated carbocycles. The molecule has 1 fully saturated rings. The van der Waals surface area contributed by atoms with Crippen LogP contribution < -0.4 is 0 Å². The zero-order valence-corrected chi connectivity index (χ0v) is 13.4. The molecule has 0 amide bonds. The van der Waals surface area contributed by atoms with Crippen molar-refractivity contribution in [3.63, 3.8) is 0 Å². The maximum Gasteiger partial charge on any atom is 0.367 e. The highest BCUT2D eigenvalue weighted by Gasteiger charge is 2.23. The van der Waals surface area contributed by atoms with E-state index < -0.39 is 0 Å². The number of thioether (sulfide) groups is 2. The molecule has 1 atom stereocenters. The summed E-state index contributed by atoms with van der Waals surface area (Å²) in [5.41, 5.74) is 0.995. The molecule has 0 N–H and O–H groups in total. The van der Waals surface area contributed by atoms with Crippen molar-refractivity contribution in [3.8, 4) is 0 Å². The quantitative estimate of drug-likeness (QED) is 0.436. The largest absolute Gasteiger partial charge is 0.453 e. The molecule has 2 rings (SSSR count). The number of hydrogen-bond donors (Lipinski definition) is 0. The Kier molecular flexibility index (Phi) is 7.12. The van der Waals surface area contributed by atoms with Crippen LogP contribution in [-0.4, -0.2) is 46.5 Å². The molecule has 0 spiro atoms. The first-order chi connectivity index (χ1) is 10.3. The number of ether oxygens (including phenoxy) is 1. The molecular formula is C15H19NO3S2. The zero-order chi connectivity index (χ0) is 14.9. The Labute approximate surface area is 133 Å². The molecule has 1 aromatic rings. The minimum atomic E-state index is -0.235. The Hall–Kier alpha value is -0.980. The molecule has 0 unspecified atom stereocenters. The van der Waals surface area contributed by atoms with Gasteiger partial charge in [-0.25, -0.2) is 4.79 Å². The Morgan fingerprint density at radius 1 is 1.43 bits per heavy atom. The van der Waals surface area contributed by atoms with Gasteiger partial charge in [-0.15, -0.1) is 11.8 Å². The van der Waals surface area contributed by atoms with Gasteiger partial charge >= 0.3 is 5.30 Å². The van der Waals surface area contributed by atoms with E-state index in [0.717, 1.165) is 42.2 Å². The van der Waals surface area contributed by atoms with Gasteiger partial charge in [-0.2, -0.15) is 0 Å². The lowest BCUT2D eigenvalue weighted by Crippen LogP contribution is -2.33. The average molecular weight is 325 g/mol. The molecule has 1 aliphatic rings. The van der Waals surface area contributed by atoms with Gasteiger partial charge in [-0.3, -0.25) is 4.90 Å². The topological polar surface area (TPSA) is 46.6 Å². The average Bonchev–Trinajstić information content (AvgIpc) is 2.98. The molecule has 0 radical (unpaired) electrons. The Morgan fingerprint density at radius 3 is 3.00 bits per heavy atom. The van der Waals surface area contributed by atoms with E-state index in [1.54, 1.807) is 11.8 Å². The lowest BCUT2D eigenvalue weighted by atomic mass is 10.2. The summed E-state index contributed by atoms with van der Waals surface area (Å²) in [7, 11) is 0. The van der Waals surface area contributed by atoms with Gasteiger partial charge < -0.3 is 9.53 Å². The summed E-state index contributed by atoms with van der Waals surface area (Å²) in [6.07, 6.45) is 1.90. The van der Waals surface area contributed by atoms with E-state index in [4.69, 9.17) is 4.74 Å². The van der Waals surface area contributed by atoms with Gasteiger partial charge in [-0.05, 0) is 23.7 Å². The van der Waals surface area contributed by atoms with E-state index in [9.17, 15) is 9.59 Å². The van der Waals surface area contributed by atoms with Crippen LogP contribution in [0.2, 0.25) is 0 Å². The number of hydrogen-bond acceptors (Lipinski definition) is 6. The maximum absolute atomic E-state index is 11.6. The second-order valence-corrected chi connectivity index (χ2v) is 6.77. The minimum Gasteiger partial charge on any atom is -0.453 e. The normalized spacial score (nSPS) is 18.6. The summed E-state index contributed by atoms with van der Waals surface area (Å²) in [6, 6.07) is 9.70. The highest BCUT2D eigenvalue weighted by Crippen LogP contribution is 2.20. The van der Waals surface area contributed by atoms with Crippen molar-refractivity contribution >= 4 is 35.1 Å². The van der Waals surface area contributed by atoms with Crippen LogP contribution in [0, 0.1) is 0 Å². The smallest absolute Gasteiger partial charge is 0.367 e. The van der Waals surface area contributed by atoms with E-state index in [1.165, 1.54) is 11.8 Å². The van der Waals surface area contributed by atoms with Gasteiger partial charge in [0.2, 0.25) is 0 Å². The van der Waals surface area contributed by atoms with Crippen molar-refractivity contribution in [3.05, 3.63) is 35.9 Å². The van der Waals surface area contributed by atoms with Crippen molar-refractivity contribution < 1.29 is 14.3 Å². The molecule has 114 valence electrons. The van der Waals surface area contributed by atoms with Gasteiger partial charge in [0.25, 0.3) is 0 Å². The Morgan fingerprint density at radius 2 is 2.24 bits per heavy atom. The van der Waals surface area contributed by atoms with Crippen molar-refractivity contribution in [2.24, 2.45) is 0 Å². The lowest BCUT2D eigenvalue weighted by molar-refractivity contribution is -0.111. The van der Waals surface area contributed by atoms with E-state index in [0.29, 0.717) is 6.61 Å². The number of carbonyl (C=O) groups excluding carboxylic acids is 2. The fraction of sp³-hybridized carbons (Fsp3) is 0.467. The molecule has 6 heteroatoms. The SMILES string of the molecule is O=C[C@@H]1CSCN1CCCSC(=O)OCc1ccccc1. The third kappa shape index (κ3) is 5.73. The number of nitrogens with zero attached hydrogens (tertiary/aromatic N) is 1. The molecule has 1 saturated heterocycles. The highest BCUT2D eigenvalue weighted by atomic mass is 32.2. The maximum atomic E-state index is 11.6. The van der Waals surface area contributed by atoms with E-state index in [-0.39, 0.29) is 11.3 Å². The number of rotatable bonds is 7. The Balaban J connectivity index is 1.56. The van der Waals surface area contributed by atoms with Crippen molar-refractivity contribution in [1.82, 2.24) is 4.90 Å². The summed E-state index contributed by atoms with van der Waals surface area (Å²) >= 11 is 2.99. The predicted octanol–water partition coefficient (Wildman–Crippen LogP) is 3.02. The van der Waals surface area contributed by atoms with Crippen molar-refractivity contribution in [2.45, 2.75) is 19.1 Å². The standard InChI is InChI=1S/C15H19NO3S2/c17-9-14-11-20-12-16(14)7-4-8-21-15(18)19-10-13-5-2-1-3-6-13/h1-3,5-6,9,14H,4,7-8,10-12H2/t14-/m1/s1. The molecule has 21 heavy (non-hydrogen) atoms. The second-order valence-electron chi connectivity index (χ2n) is 4.74. The monoisotopic (exact) mass is 325 g/mol. The van der Waals surface area contributed by atoms with Crippen LogP contribution in [-0.2, 0) is 16.1 Å². The molecule has 0 aromatic heterocycles. The first kappa shape index (κ1) is 16.4. The molecule has 1 aliphatic heterocycles. The Bertz CT molecular complexity index is 455. The van der Waals surface area contributed by atoms with Gasteiger partial charge in [0, 0.05) is 23.9 Å². The van der Waals surface area contributed by atoms with Gasteiger partial charge in [0.1, 0.15) is 12.9 Å². The van der Waals surface area contributed by atoms with E-state index in [1.807, 2.05) is 30.3 Å². The fourth-order valence-corrected chi connectivity index (χ4v) is 3.80. The number of aldehydes is 1. The number of benzene rings is 1. The van der Waals surface area contributed by atoms with Crippen LogP contribution in [0.3, 0.4) is 0 Å². The summed E-state index contributed by atoms with van der Waals surface area (Å²) in [5, 5.41) is -0.235. The molecule has 1 heterocycles.